The van der Waals surface area contributed by atoms with Gasteiger partial charge < -0.3 is 19.9 Å². The number of hydrogen-bond acceptors (Lipinski definition) is 5. The van der Waals surface area contributed by atoms with Crippen molar-refractivity contribution in [2.24, 2.45) is 5.41 Å². The van der Waals surface area contributed by atoms with Crippen molar-refractivity contribution in [3.63, 3.8) is 0 Å². The van der Waals surface area contributed by atoms with Crippen molar-refractivity contribution in [3.8, 4) is 17.0 Å². The van der Waals surface area contributed by atoms with Gasteiger partial charge in [0.15, 0.2) is 16.9 Å². The van der Waals surface area contributed by atoms with Crippen LogP contribution >= 0.6 is 0 Å². The van der Waals surface area contributed by atoms with Gasteiger partial charge in [0.2, 0.25) is 0 Å². The number of carbonyl (C=O) groups excluding carboxylic acids is 1. The topological polar surface area (TPSA) is 83.1 Å². The molecule has 0 aliphatic carbocycles. The molecule has 1 aliphatic heterocycles. The first kappa shape index (κ1) is 20.2. The van der Waals surface area contributed by atoms with Crippen LogP contribution in [0.2, 0.25) is 0 Å². The van der Waals surface area contributed by atoms with E-state index < -0.39 is 6.09 Å². The number of H-pyrrole nitrogens is 1. The number of aromatic amines is 1. The van der Waals surface area contributed by atoms with Gasteiger partial charge in [0.05, 0.1) is 11.9 Å². The Morgan fingerprint density at radius 3 is 2.80 bits per heavy atom. The summed E-state index contributed by atoms with van der Waals surface area (Å²) in [5, 5.41) is 2.78. The molecule has 1 amide bonds. The molecule has 0 spiro atoms. The number of carbonyl (C=O) groups is 1. The first-order valence-electron chi connectivity index (χ1n) is 10.3. The van der Waals surface area contributed by atoms with Crippen LogP contribution in [0.1, 0.15) is 41.0 Å². The van der Waals surface area contributed by atoms with Crippen molar-refractivity contribution in [2.45, 2.75) is 46.6 Å². The molecule has 1 aliphatic rings. The summed E-state index contributed by atoms with van der Waals surface area (Å²) in [6.45, 7) is 12.4. The monoisotopic (exact) mass is 407 g/mol. The van der Waals surface area contributed by atoms with Crippen LogP contribution in [-0.2, 0) is 0 Å². The van der Waals surface area contributed by atoms with Gasteiger partial charge in [-0.15, -0.1) is 0 Å². The summed E-state index contributed by atoms with van der Waals surface area (Å²) < 4.78 is 5.47. The Hall–Kier alpha value is -3.09. The number of aromatic nitrogens is 3. The summed E-state index contributed by atoms with van der Waals surface area (Å²) in [6.07, 6.45) is 4.02. The molecule has 0 unspecified atom stereocenters. The molecular weight excluding hydrogens is 378 g/mol. The molecule has 7 nitrogen and oxygen atoms in total. The van der Waals surface area contributed by atoms with Crippen LogP contribution in [0.5, 0.6) is 5.75 Å². The maximum atomic E-state index is 12.2. The number of ether oxygens (including phenoxy) is 1. The molecule has 7 heteroatoms. The third kappa shape index (κ3) is 4.40. The number of nitrogens with zero attached hydrogens (tertiary/aromatic N) is 3. The van der Waals surface area contributed by atoms with E-state index in [-0.39, 0.29) is 5.54 Å². The lowest BCUT2D eigenvalue weighted by atomic mass is 9.93. The van der Waals surface area contributed by atoms with Crippen molar-refractivity contribution in [3.05, 3.63) is 36.7 Å². The Balaban J connectivity index is 1.61. The molecule has 1 saturated heterocycles. The SMILES string of the molecule is CC1(C)CCN(c2cccc(-c3cnc4[nH]cc(OC(=O)NC(C)(C)C)c4n3)c2)C1. The maximum Gasteiger partial charge on any atom is 0.413 e. The van der Waals surface area contributed by atoms with E-state index in [9.17, 15) is 4.79 Å². The molecule has 3 heterocycles. The van der Waals surface area contributed by atoms with E-state index in [4.69, 9.17) is 9.72 Å². The van der Waals surface area contributed by atoms with Crippen LogP contribution in [0.3, 0.4) is 0 Å². The van der Waals surface area contributed by atoms with E-state index >= 15 is 0 Å². The lowest BCUT2D eigenvalue weighted by Crippen LogP contribution is -2.42. The van der Waals surface area contributed by atoms with E-state index in [1.807, 2.05) is 32.9 Å². The second kappa shape index (κ2) is 7.31. The van der Waals surface area contributed by atoms with Gasteiger partial charge in [-0.3, -0.25) is 0 Å². The molecule has 3 aromatic rings. The minimum absolute atomic E-state index is 0.333. The molecule has 1 aromatic carbocycles. The Kier molecular flexibility index (Phi) is 4.92. The molecule has 0 bridgehead atoms. The molecule has 1 fully saturated rings. The van der Waals surface area contributed by atoms with E-state index in [0.717, 1.165) is 24.3 Å². The van der Waals surface area contributed by atoms with Crippen LogP contribution < -0.4 is 15.0 Å². The van der Waals surface area contributed by atoms with Crippen LogP contribution in [0, 0.1) is 5.41 Å². The van der Waals surface area contributed by atoms with Gasteiger partial charge in [-0.05, 0) is 44.7 Å². The normalized spacial score (nSPS) is 16.1. The van der Waals surface area contributed by atoms with Crippen molar-refractivity contribution < 1.29 is 9.53 Å². The fourth-order valence-electron chi connectivity index (χ4n) is 3.71. The van der Waals surface area contributed by atoms with E-state index in [0.29, 0.717) is 22.3 Å². The number of anilines is 1. The number of amides is 1. The molecule has 0 atom stereocenters. The molecule has 0 radical (unpaired) electrons. The zero-order valence-electron chi connectivity index (χ0n) is 18.2. The van der Waals surface area contributed by atoms with Crippen LogP contribution in [-0.4, -0.2) is 39.7 Å². The average molecular weight is 408 g/mol. The number of rotatable bonds is 3. The lowest BCUT2D eigenvalue weighted by molar-refractivity contribution is 0.191. The standard InChI is InChI=1S/C23H29N5O2/c1-22(2,3)27-21(29)30-18-13-25-20-19(18)26-17(12-24-20)15-7-6-8-16(11-15)28-10-9-23(4,5)14-28/h6-8,11-13H,9-10,14H2,1-5H3,(H,24,25)(H,27,29). The summed E-state index contributed by atoms with van der Waals surface area (Å²) >= 11 is 0. The molecular formula is C23H29N5O2. The zero-order chi connectivity index (χ0) is 21.5. The highest BCUT2D eigenvalue weighted by Gasteiger charge is 2.29. The van der Waals surface area contributed by atoms with Gasteiger partial charge in [-0.2, -0.15) is 0 Å². The Labute approximate surface area is 176 Å². The van der Waals surface area contributed by atoms with Crippen LogP contribution in [0.25, 0.3) is 22.4 Å². The van der Waals surface area contributed by atoms with Gasteiger partial charge >= 0.3 is 6.09 Å². The van der Waals surface area contributed by atoms with E-state index in [1.165, 1.54) is 12.1 Å². The third-order valence-corrected chi connectivity index (χ3v) is 5.21. The molecule has 158 valence electrons. The van der Waals surface area contributed by atoms with Gasteiger partial charge in [-0.25, -0.2) is 14.8 Å². The van der Waals surface area contributed by atoms with Crippen molar-refractivity contribution in [1.82, 2.24) is 20.3 Å². The first-order valence-corrected chi connectivity index (χ1v) is 10.3. The smallest absolute Gasteiger partial charge is 0.406 e. The summed E-state index contributed by atoms with van der Waals surface area (Å²) in [6, 6.07) is 8.36. The summed E-state index contributed by atoms with van der Waals surface area (Å²) in [4.78, 5) is 26.8. The van der Waals surface area contributed by atoms with Gasteiger partial charge in [0.1, 0.15) is 0 Å². The third-order valence-electron chi connectivity index (χ3n) is 5.21. The van der Waals surface area contributed by atoms with Gasteiger partial charge in [0, 0.05) is 36.1 Å². The first-order chi connectivity index (χ1) is 14.1. The summed E-state index contributed by atoms with van der Waals surface area (Å²) in [7, 11) is 0. The highest BCUT2D eigenvalue weighted by Crippen LogP contribution is 2.34. The number of hydrogen-bond donors (Lipinski definition) is 2. The predicted octanol–water partition coefficient (Wildman–Crippen LogP) is 4.75. The fourth-order valence-corrected chi connectivity index (χ4v) is 3.71. The largest absolute Gasteiger partial charge is 0.413 e. The lowest BCUT2D eigenvalue weighted by Gasteiger charge is -2.22. The Bertz CT molecular complexity index is 1080. The van der Waals surface area contributed by atoms with E-state index in [2.05, 4.69) is 46.2 Å². The molecule has 30 heavy (non-hydrogen) atoms. The predicted molar refractivity (Wildman–Crippen MR) is 119 cm³/mol. The quantitative estimate of drug-likeness (QED) is 0.655. The molecule has 2 aromatic heterocycles. The minimum atomic E-state index is -0.519. The number of nitrogens with one attached hydrogen (secondary N) is 2. The summed E-state index contributed by atoms with van der Waals surface area (Å²) in [5.74, 6) is 0.360. The number of benzene rings is 1. The van der Waals surface area contributed by atoms with Crippen molar-refractivity contribution >= 4 is 22.9 Å². The zero-order valence-corrected chi connectivity index (χ0v) is 18.2. The number of fused-ring (bicyclic) bond motifs is 1. The minimum Gasteiger partial charge on any atom is -0.406 e. The maximum absolute atomic E-state index is 12.2. The van der Waals surface area contributed by atoms with Gasteiger partial charge in [0.25, 0.3) is 0 Å². The molecule has 4 rings (SSSR count). The van der Waals surface area contributed by atoms with Crippen LogP contribution in [0.15, 0.2) is 36.7 Å². The van der Waals surface area contributed by atoms with E-state index in [1.54, 1.807) is 12.4 Å². The highest BCUT2D eigenvalue weighted by atomic mass is 16.6. The molecule has 2 N–H and O–H groups in total. The second-order valence-corrected chi connectivity index (χ2v) is 9.76. The summed E-state index contributed by atoms with van der Waals surface area (Å²) in [5.41, 5.74) is 3.97. The highest BCUT2D eigenvalue weighted by molar-refractivity contribution is 5.84. The van der Waals surface area contributed by atoms with Crippen LogP contribution in [0.4, 0.5) is 10.5 Å². The average Bonchev–Trinajstić information content (AvgIpc) is 3.23. The second-order valence-electron chi connectivity index (χ2n) is 9.76. The van der Waals surface area contributed by atoms with Crippen molar-refractivity contribution in [2.75, 3.05) is 18.0 Å². The van der Waals surface area contributed by atoms with Crippen molar-refractivity contribution in [1.29, 1.82) is 0 Å². The molecule has 0 saturated carbocycles. The van der Waals surface area contributed by atoms with Gasteiger partial charge in [-0.1, -0.05) is 26.0 Å². The Morgan fingerprint density at radius 1 is 1.30 bits per heavy atom. The Morgan fingerprint density at radius 2 is 2.10 bits per heavy atom. The fraction of sp³-hybridized carbons (Fsp3) is 0.435.